The van der Waals surface area contributed by atoms with Gasteiger partial charge in [0.25, 0.3) is 5.56 Å². The number of ether oxygens (including phenoxy) is 1. The third-order valence-electron chi connectivity index (χ3n) is 4.74. The Morgan fingerprint density at radius 3 is 2.73 bits per heavy atom. The van der Waals surface area contributed by atoms with E-state index in [9.17, 15) is 14.7 Å². The Hall–Kier alpha value is -3.28. The molecule has 6 nitrogen and oxygen atoms in total. The Balaban J connectivity index is 1.91. The second kappa shape index (κ2) is 6.22. The van der Waals surface area contributed by atoms with Crippen LogP contribution in [0.4, 0.5) is 5.69 Å². The number of anilines is 1. The summed E-state index contributed by atoms with van der Waals surface area (Å²) in [6.07, 6.45) is 1.84. The highest BCUT2D eigenvalue weighted by Gasteiger charge is 2.21. The van der Waals surface area contributed by atoms with Crippen LogP contribution in [0.3, 0.4) is 0 Å². The Kier molecular flexibility index (Phi) is 3.88. The summed E-state index contributed by atoms with van der Waals surface area (Å²) in [5, 5.41) is 11.9. The number of aryl methyl sites for hydroxylation is 1. The van der Waals surface area contributed by atoms with Crippen LogP contribution in [0.5, 0.6) is 5.75 Å². The highest BCUT2D eigenvalue weighted by molar-refractivity contribution is 5.93. The molecule has 0 fully saturated rings. The van der Waals surface area contributed by atoms with Gasteiger partial charge in [0.2, 0.25) is 0 Å². The van der Waals surface area contributed by atoms with Crippen LogP contribution < -0.4 is 15.3 Å². The fourth-order valence-electron chi connectivity index (χ4n) is 3.50. The number of methoxy groups -OCH3 is 1. The normalized spacial score (nSPS) is 13.5. The molecule has 2 aromatic carbocycles. The number of aromatic nitrogens is 1. The summed E-state index contributed by atoms with van der Waals surface area (Å²) in [5.74, 6) is -0.193. The number of hydrogen-bond donors (Lipinski definition) is 1. The fourth-order valence-corrected chi connectivity index (χ4v) is 3.50. The van der Waals surface area contributed by atoms with Gasteiger partial charge in [0.1, 0.15) is 5.75 Å². The van der Waals surface area contributed by atoms with Gasteiger partial charge in [0.15, 0.2) is 0 Å². The predicted octanol–water partition coefficient (Wildman–Crippen LogP) is 2.92. The smallest absolute Gasteiger partial charge is 0.335 e. The van der Waals surface area contributed by atoms with Gasteiger partial charge in [-0.2, -0.15) is 0 Å². The molecule has 0 radical (unpaired) electrons. The number of carboxylic acid groups (broad SMARTS) is 1. The molecule has 1 aliphatic rings. The highest BCUT2D eigenvalue weighted by atomic mass is 16.5. The molecule has 0 saturated carbocycles. The molecule has 0 amide bonds. The number of nitrogens with zero attached hydrogens (tertiary/aromatic N) is 2. The van der Waals surface area contributed by atoms with Gasteiger partial charge in [-0.25, -0.2) is 9.47 Å². The second-order valence-electron chi connectivity index (χ2n) is 6.28. The van der Waals surface area contributed by atoms with E-state index in [1.165, 1.54) is 12.1 Å². The van der Waals surface area contributed by atoms with Crippen LogP contribution in [0, 0.1) is 0 Å². The monoisotopic (exact) mass is 350 g/mol. The molecule has 0 bridgehead atoms. The standard InChI is InChI=1S/C20H18N2O4/c1-26-16-6-8-17-13(12-16)3-2-10-21(17)22-18-7-4-15(20(24)25)11-14(18)5-9-19(22)23/h4-9,11-12H,2-3,10H2,1H3,(H,24,25). The van der Waals surface area contributed by atoms with Gasteiger partial charge < -0.3 is 9.84 Å². The maximum absolute atomic E-state index is 12.7. The molecule has 1 aromatic heterocycles. The van der Waals surface area contributed by atoms with Gasteiger partial charge in [0.05, 0.1) is 23.9 Å². The summed E-state index contributed by atoms with van der Waals surface area (Å²) < 4.78 is 6.94. The van der Waals surface area contributed by atoms with Crippen molar-refractivity contribution < 1.29 is 14.6 Å². The Bertz CT molecular complexity index is 1070. The largest absolute Gasteiger partial charge is 0.497 e. The minimum atomic E-state index is -0.986. The van der Waals surface area contributed by atoms with Crippen LogP contribution in [0.25, 0.3) is 10.9 Å². The minimum absolute atomic E-state index is 0.149. The molecule has 4 rings (SSSR count). The number of benzene rings is 2. The lowest BCUT2D eigenvalue weighted by molar-refractivity contribution is 0.0697. The predicted molar refractivity (Wildman–Crippen MR) is 99.2 cm³/mol. The van der Waals surface area contributed by atoms with Gasteiger partial charge in [0, 0.05) is 18.0 Å². The van der Waals surface area contributed by atoms with Crippen molar-refractivity contribution in [2.45, 2.75) is 12.8 Å². The van der Waals surface area contributed by atoms with Crippen LogP contribution in [0.1, 0.15) is 22.3 Å². The van der Waals surface area contributed by atoms with Crippen molar-refractivity contribution in [3.8, 4) is 5.75 Å². The minimum Gasteiger partial charge on any atom is -0.497 e. The molecule has 3 aromatic rings. The Morgan fingerprint density at radius 1 is 1.12 bits per heavy atom. The van der Waals surface area contributed by atoms with E-state index < -0.39 is 5.97 Å². The second-order valence-corrected chi connectivity index (χ2v) is 6.28. The summed E-state index contributed by atoms with van der Waals surface area (Å²) >= 11 is 0. The number of carboxylic acids is 1. The zero-order chi connectivity index (χ0) is 18.3. The summed E-state index contributed by atoms with van der Waals surface area (Å²) in [6.45, 7) is 0.707. The molecular formula is C20H18N2O4. The van der Waals surface area contributed by atoms with E-state index in [1.54, 1.807) is 30.0 Å². The van der Waals surface area contributed by atoms with Gasteiger partial charge in [-0.1, -0.05) is 0 Å². The Labute approximate surface area is 149 Å². The molecule has 1 N–H and O–H groups in total. The molecule has 2 heterocycles. The molecule has 1 aliphatic heterocycles. The molecule has 0 saturated heterocycles. The maximum Gasteiger partial charge on any atom is 0.335 e. The topological polar surface area (TPSA) is 71.8 Å². The van der Waals surface area contributed by atoms with Crippen molar-refractivity contribution in [2.24, 2.45) is 0 Å². The molecule has 26 heavy (non-hydrogen) atoms. The zero-order valence-corrected chi connectivity index (χ0v) is 14.3. The number of carbonyl (C=O) groups is 1. The van der Waals surface area contributed by atoms with Crippen molar-refractivity contribution in [1.82, 2.24) is 4.68 Å². The van der Waals surface area contributed by atoms with E-state index in [2.05, 4.69) is 0 Å². The van der Waals surface area contributed by atoms with E-state index in [0.29, 0.717) is 17.4 Å². The van der Waals surface area contributed by atoms with Crippen LogP contribution in [-0.4, -0.2) is 29.4 Å². The average Bonchev–Trinajstić information content (AvgIpc) is 2.66. The highest BCUT2D eigenvalue weighted by Crippen LogP contribution is 2.31. The summed E-state index contributed by atoms with van der Waals surface area (Å²) in [5.41, 5.74) is 2.83. The van der Waals surface area contributed by atoms with Crippen LogP contribution in [-0.2, 0) is 6.42 Å². The molecule has 6 heteroatoms. The molecule has 0 spiro atoms. The van der Waals surface area contributed by atoms with Crippen LogP contribution >= 0.6 is 0 Å². The van der Waals surface area contributed by atoms with E-state index in [4.69, 9.17) is 4.74 Å². The van der Waals surface area contributed by atoms with Gasteiger partial charge in [-0.15, -0.1) is 0 Å². The third kappa shape index (κ3) is 2.60. The number of fused-ring (bicyclic) bond motifs is 2. The van der Waals surface area contributed by atoms with Crippen molar-refractivity contribution >= 4 is 22.6 Å². The van der Waals surface area contributed by atoms with E-state index in [1.807, 2.05) is 23.2 Å². The average molecular weight is 350 g/mol. The van der Waals surface area contributed by atoms with E-state index >= 15 is 0 Å². The van der Waals surface area contributed by atoms with Crippen molar-refractivity contribution in [3.05, 3.63) is 70.0 Å². The van der Waals surface area contributed by atoms with Crippen LogP contribution in [0.2, 0.25) is 0 Å². The zero-order valence-electron chi connectivity index (χ0n) is 14.3. The quantitative estimate of drug-likeness (QED) is 0.786. The number of aromatic carboxylic acids is 1. The number of rotatable bonds is 3. The first-order chi connectivity index (χ1) is 12.6. The van der Waals surface area contributed by atoms with Crippen molar-refractivity contribution in [2.75, 3.05) is 18.7 Å². The first kappa shape index (κ1) is 16.2. The summed E-state index contributed by atoms with van der Waals surface area (Å²) in [4.78, 5) is 23.9. The lowest BCUT2D eigenvalue weighted by Crippen LogP contribution is -2.41. The lowest BCUT2D eigenvalue weighted by Gasteiger charge is -2.33. The van der Waals surface area contributed by atoms with E-state index in [0.717, 1.165) is 29.8 Å². The van der Waals surface area contributed by atoms with Gasteiger partial charge >= 0.3 is 5.97 Å². The lowest BCUT2D eigenvalue weighted by atomic mass is 10.0. The first-order valence-corrected chi connectivity index (χ1v) is 8.42. The maximum atomic E-state index is 12.7. The van der Waals surface area contributed by atoms with Gasteiger partial charge in [-0.05, 0) is 60.9 Å². The van der Waals surface area contributed by atoms with E-state index in [-0.39, 0.29) is 11.1 Å². The number of hydrogen-bond acceptors (Lipinski definition) is 4. The number of pyridine rings is 1. The van der Waals surface area contributed by atoms with Crippen molar-refractivity contribution in [1.29, 1.82) is 0 Å². The first-order valence-electron chi connectivity index (χ1n) is 8.42. The fraction of sp³-hybridized carbons (Fsp3) is 0.200. The molecule has 0 unspecified atom stereocenters. The molecule has 0 aliphatic carbocycles. The molecule has 132 valence electrons. The third-order valence-corrected chi connectivity index (χ3v) is 4.74. The van der Waals surface area contributed by atoms with Crippen molar-refractivity contribution in [3.63, 3.8) is 0 Å². The molecule has 0 atom stereocenters. The van der Waals surface area contributed by atoms with Crippen LogP contribution in [0.15, 0.2) is 53.3 Å². The SMILES string of the molecule is COc1ccc2c(c1)CCCN2n1c(=O)ccc2cc(C(=O)O)ccc21. The summed E-state index contributed by atoms with van der Waals surface area (Å²) in [7, 11) is 1.64. The Morgan fingerprint density at radius 2 is 1.96 bits per heavy atom. The molecular weight excluding hydrogens is 332 g/mol. The summed E-state index contributed by atoms with van der Waals surface area (Å²) in [6, 6.07) is 13.8. The van der Waals surface area contributed by atoms with Gasteiger partial charge in [-0.3, -0.25) is 9.80 Å².